The molecule has 1 aliphatic carbocycles. The first kappa shape index (κ1) is 11.3. The number of amides is 1. The molecule has 1 heterocycles. The zero-order chi connectivity index (χ0) is 12.5. The Labute approximate surface area is 106 Å². The summed E-state index contributed by atoms with van der Waals surface area (Å²) in [6, 6.07) is 8.14. The molecule has 2 aromatic rings. The van der Waals surface area contributed by atoms with Crippen molar-refractivity contribution in [3.8, 4) is 0 Å². The first-order valence-corrected chi connectivity index (χ1v) is 6.47. The van der Waals surface area contributed by atoms with Crippen molar-refractivity contribution in [3.63, 3.8) is 0 Å². The standard InChI is InChI=1S/C14H17N3O/c1-17(10-6-2-3-7-10)14(18)13-11-8-4-5-9-12(11)15-16-13/h4-5,8-10H,2-3,6-7H2,1H3,(H,15,16). The van der Waals surface area contributed by atoms with Crippen molar-refractivity contribution in [3.05, 3.63) is 30.0 Å². The van der Waals surface area contributed by atoms with Gasteiger partial charge in [-0.05, 0) is 18.9 Å². The van der Waals surface area contributed by atoms with Crippen LogP contribution >= 0.6 is 0 Å². The molecule has 94 valence electrons. The Hall–Kier alpha value is -1.84. The third-order valence-corrected chi connectivity index (χ3v) is 3.87. The van der Waals surface area contributed by atoms with Gasteiger partial charge in [0.25, 0.3) is 5.91 Å². The van der Waals surface area contributed by atoms with Crippen molar-refractivity contribution in [1.29, 1.82) is 0 Å². The van der Waals surface area contributed by atoms with E-state index in [1.165, 1.54) is 12.8 Å². The summed E-state index contributed by atoms with van der Waals surface area (Å²) in [7, 11) is 1.89. The molecule has 0 radical (unpaired) electrons. The number of nitrogens with one attached hydrogen (secondary N) is 1. The molecule has 1 aliphatic rings. The first-order valence-electron chi connectivity index (χ1n) is 6.47. The van der Waals surface area contributed by atoms with E-state index in [2.05, 4.69) is 10.2 Å². The van der Waals surface area contributed by atoms with Crippen molar-refractivity contribution < 1.29 is 4.79 Å². The molecular weight excluding hydrogens is 226 g/mol. The molecule has 1 fully saturated rings. The van der Waals surface area contributed by atoms with E-state index in [1.807, 2.05) is 36.2 Å². The smallest absolute Gasteiger partial charge is 0.274 e. The third kappa shape index (κ3) is 1.78. The van der Waals surface area contributed by atoms with Crippen molar-refractivity contribution in [2.45, 2.75) is 31.7 Å². The van der Waals surface area contributed by atoms with Crippen molar-refractivity contribution in [1.82, 2.24) is 15.1 Å². The molecule has 18 heavy (non-hydrogen) atoms. The molecule has 1 aromatic carbocycles. The summed E-state index contributed by atoms with van der Waals surface area (Å²) in [5, 5.41) is 8.00. The van der Waals surface area contributed by atoms with Crippen LogP contribution < -0.4 is 0 Å². The van der Waals surface area contributed by atoms with E-state index in [0.29, 0.717) is 11.7 Å². The topological polar surface area (TPSA) is 49.0 Å². The minimum Gasteiger partial charge on any atom is -0.337 e. The second kappa shape index (κ2) is 4.44. The van der Waals surface area contributed by atoms with Gasteiger partial charge in [0.15, 0.2) is 5.69 Å². The van der Waals surface area contributed by atoms with Gasteiger partial charge < -0.3 is 4.90 Å². The largest absolute Gasteiger partial charge is 0.337 e. The van der Waals surface area contributed by atoms with E-state index >= 15 is 0 Å². The Bertz CT molecular complexity index is 569. The quantitative estimate of drug-likeness (QED) is 0.881. The van der Waals surface area contributed by atoms with Crippen LogP contribution in [-0.2, 0) is 0 Å². The predicted molar refractivity (Wildman–Crippen MR) is 70.4 cm³/mol. The molecule has 0 bridgehead atoms. The van der Waals surface area contributed by atoms with Gasteiger partial charge >= 0.3 is 0 Å². The molecule has 0 aliphatic heterocycles. The molecule has 4 nitrogen and oxygen atoms in total. The molecule has 0 spiro atoms. The van der Waals surface area contributed by atoms with E-state index in [4.69, 9.17) is 0 Å². The fourth-order valence-corrected chi connectivity index (χ4v) is 2.75. The lowest BCUT2D eigenvalue weighted by atomic mass is 10.1. The van der Waals surface area contributed by atoms with Crippen LogP contribution in [-0.4, -0.2) is 34.1 Å². The van der Waals surface area contributed by atoms with Crippen LogP contribution in [0.5, 0.6) is 0 Å². The van der Waals surface area contributed by atoms with Crippen molar-refractivity contribution in [2.75, 3.05) is 7.05 Å². The number of carbonyl (C=O) groups is 1. The van der Waals surface area contributed by atoms with Crippen LogP contribution in [0.2, 0.25) is 0 Å². The number of aromatic amines is 1. The molecule has 1 saturated carbocycles. The van der Waals surface area contributed by atoms with Crippen molar-refractivity contribution in [2.24, 2.45) is 0 Å². The molecule has 0 atom stereocenters. The maximum absolute atomic E-state index is 12.5. The van der Waals surface area contributed by atoms with Gasteiger partial charge in [-0.15, -0.1) is 0 Å². The van der Waals surface area contributed by atoms with Gasteiger partial charge in [-0.1, -0.05) is 31.0 Å². The Morgan fingerprint density at radius 2 is 2.06 bits per heavy atom. The highest BCUT2D eigenvalue weighted by Gasteiger charge is 2.26. The number of para-hydroxylation sites is 1. The Morgan fingerprint density at radius 1 is 1.33 bits per heavy atom. The number of H-pyrrole nitrogens is 1. The number of hydrogen-bond acceptors (Lipinski definition) is 2. The summed E-state index contributed by atoms with van der Waals surface area (Å²) >= 11 is 0. The lowest BCUT2D eigenvalue weighted by Gasteiger charge is -2.23. The van der Waals surface area contributed by atoms with Gasteiger partial charge in [0.2, 0.25) is 0 Å². The average Bonchev–Trinajstić information content (AvgIpc) is 3.06. The highest BCUT2D eigenvalue weighted by molar-refractivity contribution is 6.04. The molecule has 3 rings (SSSR count). The fraction of sp³-hybridized carbons (Fsp3) is 0.429. The van der Waals surface area contributed by atoms with Gasteiger partial charge in [0.1, 0.15) is 0 Å². The summed E-state index contributed by atoms with van der Waals surface area (Å²) < 4.78 is 0. The zero-order valence-corrected chi connectivity index (χ0v) is 10.5. The number of hydrogen-bond donors (Lipinski definition) is 1. The van der Waals surface area contributed by atoms with Gasteiger partial charge in [-0.2, -0.15) is 5.10 Å². The lowest BCUT2D eigenvalue weighted by Crippen LogP contribution is -2.35. The molecule has 1 amide bonds. The zero-order valence-electron chi connectivity index (χ0n) is 10.5. The number of fused-ring (bicyclic) bond motifs is 1. The van der Waals surface area contributed by atoms with E-state index in [-0.39, 0.29) is 5.91 Å². The van der Waals surface area contributed by atoms with E-state index in [1.54, 1.807) is 0 Å². The Kier molecular flexibility index (Phi) is 2.78. The van der Waals surface area contributed by atoms with Crippen LogP contribution in [0.15, 0.2) is 24.3 Å². The molecule has 1 N–H and O–H groups in total. The van der Waals surface area contributed by atoms with Crippen LogP contribution in [0.3, 0.4) is 0 Å². The molecule has 0 saturated heterocycles. The normalized spacial score (nSPS) is 16.3. The number of aromatic nitrogens is 2. The summed E-state index contributed by atoms with van der Waals surface area (Å²) in [5.41, 5.74) is 1.46. The van der Waals surface area contributed by atoms with Crippen LogP contribution in [0, 0.1) is 0 Å². The Morgan fingerprint density at radius 3 is 2.83 bits per heavy atom. The average molecular weight is 243 g/mol. The monoisotopic (exact) mass is 243 g/mol. The summed E-state index contributed by atoms with van der Waals surface area (Å²) in [4.78, 5) is 14.3. The number of carbonyl (C=O) groups excluding carboxylic acids is 1. The highest BCUT2D eigenvalue weighted by Crippen LogP contribution is 2.25. The minimum absolute atomic E-state index is 0.0272. The van der Waals surface area contributed by atoms with Gasteiger partial charge in [-0.25, -0.2) is 0 Å². The summed E-state index contributed by atoms with van der Waals surface area (Å²) in [6.45, 7) is 0. The molecule has 0 unspecified atom stereocenters. The lowest BCUT2D eigenvalue weighted by molar-refractivity contribution is 0.0731. The molecule has 4 heteroatoms. The van der Waals surface area contributed by atoms with Crippen LogP contribution in [0.1, 0.15) is 36.2 Å². The fourth-order valence-electron chi connectivity index (χ4n) is 2.75. The van der Waals surface area contributed by atoms with Crippen LogP contribution in [0.25, 0.3) is 10.9 Å². The predicted octanol–water partition coefficient (Wildman–Crippen LogP) is 2.58. The third-order valence-electron chi connectivity index (χ3n) is 3.87. The summed E-state index contributed by atoms with van der Waals surface area (Å²) in [5.74, 6) is 0.0272. The minimum atomic E-state index is 0.0272. The number of benzene rings is 1. The summed E-state index contributed by atoms with van der Waals surface area (Å²) in [6.07, 6.45) is 4.68. The number of rotatable bonds is 2. The molecule has 1 aromatic heterocycles. The first-order chi connectivity index (χ1) is 8.77. The van der Waals surface area contributed by atoms with E-state index < -0.39 is 0 Å². The van der Waals surface area contributed by atoms with Gasteiger partial charge in [0.05, 0.1) is 5.52 Å². The number of nitrogens with zero attached hydrogens (tertiary/aromatic N) is 2. The molecular formula is C14H17N3O. The van der Waals surface area contributed by atoms with Crippen molar-refractivity contribution >= 4 is 16.8 Å². The van der Waals surface area contributed by atoms with Gasteiger partial charge in [0, 0.05) is 18.5 Å². The second-order valence-electron chi connectivity index (χ2n) is 4.97. The SMILES string of the molecule is CN(C(=O)c1n[nH]c2ccccc12)C1CCCC1. The van der Waals surface area contributed by atoms with E-state index in [0.717, 1.165) is 23.7 Å². The van der Waals surface area contributed by atoms with E-state index in [9.17, 15) is 4.79 Å². The maximum atomic E-state index is 12.5. The maximum Gasteiger partial charge on any atom is 0.274 e. The van der Waals surface area contributed by atoms with Gasteiger partial charge in [-0.3, -0.25) is 9.89 Å². The second-order valence-corrected chi connectivity index (χ2v) is 4.97. The highest BCUT2D eigenvalue weighted by atomic mass is 16.2. The van der Waals surface area contributed by atoms with Crippen LogP contribution in [0.4, 0.5) is 0 Å². The Balaban J connectivity index is 1.91.